The van der Waals surface area contributed by atoms with Crippen molar-refractivity contribution in [2.45, 2.75) is 48.6 Å². The quantitative estimate of drug-likeness (QED) is 0.644. The first kappa shape index (κ1) is 17.3. The first-order valence-corrected chi connectivity index (χ1v) is 11.2. The third-order valence-corrected chi connectivity index (χ3v) is 10.1. The number of carbonyl (C=O) groups is 1. The molecule has 3 rings (SSSR count). The Bertz CT molecular complexity index is 669. The lowest BCUT2D eigenvalue weighted by atomic mass is 10.5. The van der Waals surface area contributed by atoms with Crippen molar-refractivity contribution in [1.29, 1.82) is 0 Å². The van der Waals surface area contributed by atoms with Crippen molar-refractivity contribution < 1.29 is 13.2 Å². The average molecular weight is 376 g/mol. The largest absolute Gasteiger partial charge is 0.347 e. The van der Waals surface area contributed by atoms with Gasteiger partial charge in [-0.05, 0) is 60.5 Å². The molecule has 0 N–H and O–H groups in total. The van der Waals surface area contributed by atoms with Gasteiger partial charge in [-0.25, -0.2) is 8.42 Å². The number of amides is 1. The monoisotopic (exact) mass is 376 g/mol. The zero-order valence-corrected chi connectivity index (χ0v) is 16.1. The smallest absolute Gasteiger partial charge is 0.268 e. The molecule has 23 heavy (non-hydrogen) atoms. The predicted molar refractivity (Wildman–Crippen MR) is 92.6 cm³/mol. The van der Waals surface area contributed by atoms with E-state index in [-0.39, 0.29) is 17.5 Å². The molecule has 2 atom stereocenters. The zero-order valence-electron chi connectivity index (χ0n) is 13.3. The van der Waals surface area contributed by atoms with E-state index in [1.54, 1.807) is 24.1 Å². The van der Waals surface area contributed by atoms with Gasteiger partial charge in [0.15, 0.2) is 5.03 Å². The van der Waals surface area contributed by atoms with Crippen LogP contribution >= 0.6 is 17.5 Å². The maximum Gasteiger partial charge on any atom is 0.268 e. The summed E-state index contributed by atoms with van der Waals surface area (Å²) in [6, 6.07) is 1.50. The fourth-order valence-corrected chi connectivity index (χ4v) is 7.98. The van der Waals surface area contributed by atoms with Gasteiger partial charge in [-0.2, -0.15) is 8.94 Å². The predicted octanol–water partition coefficient (Wildman–Crippen LogP) is 1.47. The van der Waals surface area contributed by atoms with Crippen LogP contribution in [0.5, 0.6) is 0 Å². The summed E-state index contributed by atoms with van der Waals surface area (Å²) in [6.45, 7) is 0.0539. The lowest BCUT2D eigenvalue weighted by Gasteiger charge is -2.20. The topological polar surface area (TPSA) is 75.5 Å². The zero-order chi connectivity index (χ0) is 16.6. The Balaban J connectivity index is 1.74. The molecule has 2 saturated carbocycles. The van der Waals surface area contributed by atoms with Gasteiger partial charge in [-0.3, -0.25) is 9.48 Å². The van der Waals surface area contributed by atoms with E-state index in [1.807, 2.05) is 0 Å². The number of nitrogens with zero attached hydrogens (tertiary/aromatic N) is 4. The van der Waals surface area contributed by atoms with Gasteiger partial charge >= 0.3 is 0 Å². The van der Waals surface area contributed by atoms with Gasteiger partial charge in [0.05, 0.1) is 0 Å². The molecule has 0 saturated heterocycles. The maximum atomic E-state index is 12.9. The number of sulfonamides is 1. The summed E-state index contributed by atoms with van der Waals surface area (Å²) in [5, 5.41) is 4.19. The highest BCUT2D eigenvalue weighted by Crippen LogP contribution is 2.54. The van der Waals surface area contributed by atoms with E-state index in [0.717, 1.165) is 25.7 Å². The maximum absolute atomic E-state index is 12.9. The van der Waals surface area contributed by atoms with E-state index < -0.39 is 10.0 Å². The Hall–Kier alpha value is -0.550. The van der Waals surface area contributed by atoms with Crippen molar-refractivity contribution in [2.24, 2.45) is 0 Å². The number of likely N-dealkylation sites (N-methyl/N-ethyl adjacent to an activating group) is 1. The van der Waals surface area contributed by atoms with Gasteiger partial charge in [0, 0.05) is 20.3 Å². The SMILES string of the molecule is CN(C)C(=O)Cn1ccc(S(=O)(=O)N(PC2CC2)PC2CC2)n1. The minimum Gasteiger partial charge on any atom is -0.347 e. The van der Waals surface area contributed by atoms with Crippen LogP contribution in [-0.2, 0) is 21.4 Å². The van der Waals surface area contributed by atoms with Crippen LogP contribution in [0, 0.1) is 0 Å². The molecule has 0 bridgehead atoms. The molecule has 2 aliphatic carbocycles. The van der Waals surface area contributed by atoms with Crippen molar-refractivity contribution in [3.63, 3.8) is 0 Å². The Morgan fingerprint density at radius 2 is 1.83 bits per heavy atom. The summed E-state index contributed by atoms with van der Waals surface area (Å²) in [6.07, 6.45) is 6.08. The van der Waals surface area contributed by atoms with E-state index in [2.05, 4.69) is 5.10 Å². The molecule has 1 aromatic rings. The average Bonchev–Trinajstić information content (AvgIpc) is 3.40. The second-order valence-corrected chi connectivity index (χ2v) is 12.1. The Labute approximate surface area is 140 Å². The third-order valence-electron chi connectivity index (χ3n) is 3.67. The molecule has 0 spiro atoms. The molecular weight excluding hydrogens is 354 g/mol. The van der Waals surface area contributed by atoms with Crippen LogP contribution in [0.3, 0.4) is 0 Å². The van der Waals surface area contributed by atoms with E-state index in [1.165, 1.54) is 15.6 Å². The highest BCUT2D eigenvalue weighted by Gasteiger charge is 2.37. The molecule has 1 heterocycles. The fraction of sp³-hybridized carbons (Fsp3) is 0.692. The van der Waals surface area contributed by atoms with E-state index in [9.17, 15) is 13.2 Å². The third kappa shape index (κ3) is 4.50. The van der Waals surface area contributed by atoms with Gasteiger partial charge in [-0.15, -0.1) is 0 Å². The Morgan fingerprint density at radius 3 is 2.30 bits per heavy atom. The van der Waals surface area contributed by atoms with Crippen LogP contribution in [0.2, 0.25) is 0 Å². The van der Waals surface area contributed by atoms with Crippen LogP contribution in [0.4, 0.5) is 0 Å². The molecule has 10 heteroatoms. The molecule has 0 radical (unpaired) electrons. The molecule has 1 amide bonds. The normalized spacial score (nSPS) is 19.4. The molecular formula is C13H22N4O3P2S. The molecule has 7 nitrogen and oxygen atoms in total. The summed E-state index contributed by atoms with van der Waals surface area (Å²) in [5.41, 5.74) is 1.07. The summed E-state index contributed by atoms with van der Waals surface area (Å²) >= 11 is 0. The Kier molecular flexibility index (Phi) is 5.07. The number of hydrogen-bond acceptors (Lipinski definition) is 4. The first-order valence-electron chi connectivity index (χ1n) is 7.67. The second kappa shape index (κ2) is 6.75. The van der Waals surface area contributed by atoms with Gasteiger partial charge in [0.2, 0.25) is 5.91 Å². The number of rotatable bonds is 8. The van der Waals surface area contributed by atoms with Crippen molar-refractivity contribution in [3.05, 3.63) is 12.3 Å². The van der Waals surface area contributed by atoms with Crippen LogP contribution in [0.25, 0.3) is 0 Å². The van der Waals surface area contributed by atoms with E-state index >= 15 is 0 Å². The minimum atomic E-state index is -3.55. The van der Waals surface area contributed by atoms with Gasteiger partial charge < -0.3 is 4.90 Å². The van der Waals surface area contributed by atoms with Gasteiger partial charge in [-0.1, -0.05) is 0 Å². The molecule has 2 aliphatic rings. The lowest BCUT2D eigenvalue weighted by molar-refractivity contribution is -0.129. The highest BCUT2D eigenvalue weighted by atomic mass is 32.2. The molecule has 0 aromatic carbocycles. The highest BCUT2D eigenvalue weighted by molar-refractivity contribution is 7.97. The summed E-state index contributed by atoms with van der Waals surface area (Å²) in [4.78, 5) is 13.2. The minimum absolute atomic E-state index is 0.0539. The summed E-state index contributed by atoms with van der Waals surface area (Å²) in [5.74, 6) is -0.117. The van der Waals surface area contributed by atoms with E-state index in [4.69, 9.17) is 0 Å². The molecule has 0 aliphatic heterocycles. The standard InChI is InChI=1S/C13H22N4O3P2S/c1-15(2)13(18)9-16-8-7-12(14-16)23(19,20)17(21-10-3-4-10)22-11-5-6-11/h7-8,10-11,21-22H,3-6,9H2,1-2H3. The molecule has 2 unspecified atom stereocenters. The van der Waals surface area contributed by atoms with Gasteiger partial charge in [0.25, 0.3) is 10.0 Å². The van der Waals surface area contributed by atoms with Crippen molar-refractivity contribution in [3.8, 4) is 0 Å². The number of aromatic nitrogens is 2. The van der Waals surface area contributed by atoms with Crippen LogP contribution in [0.1, 0.15) is 25.7 Å². The molecule has 2 fully saturated rings. The second-order valence-electron chi connectivity index (χ2n) is 6.22. The first-order chi connectivity index (χ1) is 10.9. The molecule has 1 aromatic heterocycles. The Morgan fingerprint density at radius 1 is 1.26 bits per heavy atom. The number of hydrogen-bond donors (Lipinski definition) is 0. The number of carbonyl (C=O) groups excluding carboxylic acids is 1. The lowest BCUT2D eigenvalue weighted by Crippen LogP contribution is -2.26. The van der Waals surface area contributed by atoms with Crippen molar-refractivity contribution in [2.75, 3.05) is 14.1 Å². The van der Waals surface area contributed by atoms with Crippen LogP contribution in [-0.4, -0.2) is 58.3 Å². The van der Waals surface area contributed by atoms with Crippen molar-refractivity contribution >= 4 is 33.4 Å². The summed E-state index contributed by atoms with van der Waals surface area (Å²) < 4.78 is 28.8. The molecule has 128 valence electrons. The van der Waals surface area contributed by atoms with E-state index in [0.29, 0.717) is 28.8 Å². The van der Waals surface area contributed by atoms with Crippen molar-refractivity contribution in [1.82, 2.24) is 18.5 Å². The van der Waals surface area contributed by atoms with Crippen LogP contribution in [0.15, 0.2) is 17.3 Å². The summed E-state index contributed by atoms with van der Waals surface area (Å²) in [7, 11) is 0.456. The van der Waals surface area contributed by atoms with Crippen LogP contribution < -0.4 is 0 Å². The fourth-order valence-electron chi connectivity index (χ4n) is 1.87. The van der Waals surface area contributed by atoms with Gasteiger partial charge in [0.1, 0.15) is 6.54 Å².